The molecule has 396 valence electrons. The lowest BCUT2D eigenvalue weighted by Gasteiger charge is -2.14. The molecule has 0 aliphatic heterocycles. The van der Waals surface area contributed by atoms with Crippen molar-refractivity contribution >= 4 is 67.5 Å². The second kappa shape index (κ2) is 27.5. The molecule has 8 rings (SSSR count). The molecular weight excluding hydrogens is 977 g/mol. The lowest BCUT2D eigenvalue weighted by molar-refractivity contribution is 0.0680. The molecule has 0 spiro atoms. The number of pyridine rings is 4. The Bertz CT molecular complexity index is 3100. The lowest BCUT2D eigenvalue weighted by atomic mass is 10.1. The Morgan fingerprint density at radius 1 is 0.342 bits per heavy atom. The number of rotatable bonds is 28. The highest BCUT2D eigenvalue weighted by Crippen LogP contribution is 2.34. The topological polar surface area (TPSA) is 256 Å². The number of carboxylic acids is 4. The van der Waals surface area contributed by atoms with E-state index in [1.54, 1.807) is 36.4 Å². The van der Waals surface area contributed by atoms with E-state index in [9.17, 15) is 29.4 Å². The number of ether oxygens (including phenoxy) is 6. The average Bonchev–Trinajstić information content (AvgIpc) is 3.42. The standard InChI is InChI=1S/C35H42N2O8.C23H18N2O6/c1-3-5-7-9-18-44-30-22-26(34(38)39)36-32-24(30)14-11-16-28(32)42-20-13-21-43-29-17-12-15-25-31(45-19-10-8-6-4-2)23-27(35(40)41)37-33(25)29;26-22(27)16-10-8-14-4-1-6-18(20(14)24-16)30-12-3-13-31-19-7-2-5-15-9-11-17(23(28)29)25-21(15)19/h11-12,14-17,22-23H,3-10,13,18-21H2,1-2H3,(H,38,39)(H,40,41);1-2,4-11H,3,12-13H2,(H,26,27)(H,28,29). The summed E-state index contributed by atoms with van der Waals surface area (Å²) >= 11 is 0. The van der Waals surface area contributed by atoms with E-state index in [0.29, 0.717) is 107 Å². The number of para-hydroxylation sites is 4. The molecule has 0 bridgehead atoms. The zero-order valence-electron chi connectivity index (χ0n) is 42.4. The minimum Gasteiger partial charge on any atom is -0.493 e. The number of aromatic nitrogens is 4. The molecule has 0 radical (unpaired) electrons. The summed E-state index contributed by atoms with van der Waals surface area (Å²) in [5.74, 6) is -1.65. The fourth-order valence-corrected chi connectivity index (χ4v) is 8.05. The SMILES string of the molecule is CCCCCCOc1cc(C(=O)O)nc2c(OCCCOc3cccc4c(OCCCCCC)cc(C(=O)O)nc34)cccc12.O=C(O)c1ccc2cccc(OCCCOc3cccc4ccc(C(=O)O)nc34)c2n1. The number of carbonyl (C=O) groups is 4. The van der Waals surface area contributed by atoms with E-state index in [1.165, 1.54) is 24.3 Å². The second-order valence-electron chi connectivity index (χ2n) is 17.5. The summed E-state index contributed by atoms with van der Waals surface area (Å²) in [6, 6.07) is 30.8. The smallest absolute Gasteiger partial charge is 0.354 e. The first kappa shape index (κ1) is 55.0. The molecule has 4 aromatic carbocycles. The van der Waals surface area contributed by atoms with Gasteiger partial charge < -0.3 is 48.8 Å². The minimum atomic E-state index is -1.14. The van der Waals surface area contributed by atoms with Crippen molar-refractivity contribution in [3.05, 3.63) is 132 Å². The van der Waals surface area contributed by atoms with Gasteiger partial charge in [-0.2, -0.15) is 0 Å². The minimum absolute atomic E-state index is 0.0453. The molecule has 0 saturated heterocycles. The highest BCUT2D eigenvalue weighted by atomic mass is 16.5. The average molecular weight is 1040 g/mol. The highest BCUT2D eigenvalue weighted by Gasteiger charge is 2.18. The molecule has 0 unspecified atom stereocenters. The number of fused-ring (bicyclic) bond motifs is 4. The number of carboxylic acid groups (broad SMARTS) is 4. The normalized spacial score (nSPS) is 11.0. The van der Waals surface area contributed by atoms with Crippen LogP contribution in [0.1, 0.15) is 120 Å². The van der Waals surface area contributed by atoms with Crippen molar-refractivity contribution in [2.75, 3.05) is 39.6 Å². The Labute approximate surface area is 438 Å². The van der Waals surface area contributed by atoms with E-state index in [4.69, 9.17) is 38.6 Å². The lowest BCUT2D eigenvalue weighted by Crippen LogP contribution is -2.08. The first-order valence-corrected chi connectivity index (χ1v) is 25.3. The van der Waals surface area contributed by atoms with Crippen LogP contribution in [0, 0.1) is 0 Å². The Morgan fingerprint density at radius 3 is 1.01 bits per heavy atom. The van der Waals surface area contributed by atoms with E-state index in [1.807, 2.05) is 48.5 Å². The number of hydrogen-bond donors (Lipinski definition) is 4. The van der Waals surface area contributed by atoms with Gasteiger partial charge in [-0.1, -0.05) is 101 Å². The third-order valence-corrected chi connectivity index (χ3v) is 11.9. The maximum absolute atomic E-state index is 11.8. The number of unbranched alkanes of at least 4 members (excludes halogenated alkanes) is 6. The summed E-state index contributed by atoms with van der Waals surface area (Å²) in [6.07, 6.45) is 9.38. The quantitative estimate of drug-likeness (QED) is 0.0332. The predicted molar refractivity (Wildman–Crippen MR) is 285 cm³/mol. The number of aromatic carboxylic acids is 4. The van der Waals surface area contributed by atoms with Gasteiger partial charge in [-0.25, -0.2) is 39.1 Å². The van der Waals surface area contributed by atoms with Gasteiger partial charge in [-0.3, -0.25) is 0 Å². The first-order valence-electron chi connectivity index (χ1n) is 25.3. The third kappa shape index (κ3) is 14.7. The Morgan fingerprint density at radius 2 is 0.658 bits per heavy atom. The fraction of sp³-hybridized carbons (Fsp3) is 0.310. The summed E-state index contributed by atoms with van der Waals surface area (Å²) in [5.41, 5.74) is 1.50. The van der Waals surface area contributed by atoms with Crippen molar-refractivity contribution in [2.24, 2.45) is 0 Å². The van der Waals surface area contributed by atoms with Crippen LogP contribution in [-0.4, -0.2) is 104 Å². The molecule has 4 aromatic heterocycles. The van der Waals surface area contributed by atoms with Crippen molar-refractivity contribution in [3.63, 3.8) is 0 Å². The van der Waals surface area contributed by atoms with E-state index in [2.05, 4.69) is 33.8 Å². The van der Waals surface area contributed by atoms with E-state index >= 15 is 0 Å². The molecule has 0 aliphatic rings. The Balaban J connectivity index is 0.000000236. The van der Waals surface area contributed by atoms with Gasteiger partial charge in [0.25, 0.3) is 0 Å². The zero-order valence-corrected chi connectivity index (χ0v) is 42.4. The predicted octanol–water partition coefficient (Wildman–Crippen LogP) is 12.0. The molecule has 0 amide bonds. The van der Waals surface area contributed by atoms with Gasteiger partial charge in [-0.15, -0.1) is 0 Å². The molecule has 4 N–H and O–H groups in total. The molecule has 0 atom stereocenters. The van der Waals surface area contributed by atoms with Gasteiger partial charge in [0.1, 0.15) is 68.0 Å². The molecule has 18 heteroatoms. The largest absolute Gasteiger partial charge is 0.493 e. The van der Waals surface area contributed by atoms with Crippen molar-refractivity contribution in [1.29, 1.82) is 0 Å². The summed E-state index contributed by atoms with van der Waals surface area (Å²) in [7, 11) is 0. The van der Waals surface area contributed by atoms with E-state index < -0.39 is 23.9 Å². The van der Waals surface area contributed by atoms with Crippen molar-refractivity contribution in [3.8, 4) is 34.5 Å². The number of hydrogen-bond acceptors (Lipinski definition) is 14. The van der Waals surface area contributed by atoms with Gasteiger partial charge in [0, 0.05) is 46.5 Å². The van der Waals surface area contributed by atoms with Crippen LogP contribution in [0.4, 0.5) is 0 Å². The summed E-state index contributed by atoms with van der Waals surface area (Å²) in [4.78, 5) is 63.0. The first-order chi connectivity index (χ1) is 36.9. The van der Waals surface area contributed by atoms with Crippen LogP contribution in [0.25, 0.3) is 43.6 Å². The number of benzene rings is 4. The van der Waals surface area contributed by atoms with Crippen molar-refractivity contribution in [1.82, 2.24) is 19.9 Å². The Hall–Kier alpha value is -8.80. The molecule has 8 aromatic rings. The van der Waals surface area contributed by atoms with Crippen LogP contribution in [0.3, 0.4) is 0 Å². The third-order valence-electron chi connectivity index (χ3n) is 11.9. The van der Waals surface area contributed by atoms with E-state index in [-0.39, 0.29) is 36.0 Å². The van der Waals surface area contributed by atoms with Crippen LogP contribution in [0.15, 0.2) is 109 Å². The summed E-state index contributed by atoms with van der Waals surface area (Å²) in [6.45, 7) is 6.47. The van der Waals surface area contributed by atoms with Gasteiger partial charge in [0.2, 0.25) is 0 Å². The van der Waals surface area contributed by atoms with Crippen LogP contribution >= 0.6 is 0 Å². The number of nitrogens with zero attached hydrogens (tertiary/aromatic N) is 4. The summed E-state index contributed by atoms with van der Waals surface area (Å²) < 4.78 is 35.6. The molecule has 4 heterocycles. The van der Waals surface area contributed by atoms with Crippen LogP contribution in [-0.2, 0) is 0 Å². The van der Waals surface area contributed by atoms with Crippen LogP contribution < -0.4 is 28.4 Å². The summed E-state index contributed by atoms with van der Waals surface area (Å²) in [5, 5.41) is 40.5. The Kier molecular flexibility index (Phi) is 19.9. The maximum Gasteiger partial charge on any atom is 0.354 e. The zero-order chi connectivity index (χ0) is 53.8. The van der Waals surface area contributed by atoms with Crippen LogP contribution in [0.2, 0.25) is 0 Å². The van der Waals surface area contributed by atoms with Gasteiger partial charge in [-0.05, 0) is 61.4 Å². The van der Waals surface area contributed by atoms with Gasteiger partial charge >= 0.3 is 23.9 Å². The molecule has 0 aliphatic carbocycles. The monoisotopic (exact) mass is 1040 g/mol. The van der Waals surface area contributed by atoms with Gasteiger partial charge in [0.15, 0.2) is 11.4 Å². The molecule has 0 fully saturated rings. The van der Waals surface area contributed by atoms with Gasteiger partial charge in [0.05, 0.1) is 39.6 Å². The van der Waals surface area contributed by atoms with Crippen molar-refractivity contribution in [2.45, 2.75) is 78.1 Å². The maximum atomic E-state index is 11.8. The molecular formula is C58H60N4O14. The molecule has 18 nitrogen and oxygen atoms in total. The highest BCUT2D eigenvalue weighted by molar-refractivity contribution is 5.97. The van der Waals surface area contributed by atoms with E-state index in [0.717, 1.165) is 62.1 Å². The fourth-order valence-electron chi connectivity index (χ4n) is 8.05. The molecule has 76 heavy (non-hydrogen) atoms. The van der Waals surface area contributed by atoms with Crippen molar-refractivity contribution < 1.29 is 68.0 Å². The second-order valence-corrected chi connectivity index (χ2v) is 17.5. The van der Waals surface area contributed by atoms with Crippen LogP contribution in [0.5, 0.6) is 34.5 Å². The molecule has 0 saturated carbocycles.